The zero-order valence-electron chi connectivity index (χ0n) is 14.5. The smallest absolute Gasteiger partial charge is 0.233 e. The molecule has 26 heavy (non-hydrogen) atoms. The van der Waals surface area contributed by atoms with Crippen molar-refractivity contribution >= 4 is 40.5 Å². The number of anilines is 3. The van der Waals surface area contributed by atoms with Crippen LogP contribution in [0.2, 0.25) is 5.02 Å². The molecule has 2 aromatic carbocycles. The molecular weight excluding hydrogens is 350 g/mol. The van der Waals surface area contributed by atoms with Gasteiger partial charge in [0.15, 0.2) is 0 Å². The number of nitrogens with zero attached hydrogens (tertiary/aromatic N) is 1. The first kappa shape index (κ1) is 18.3. The molecule has 1 aliphatic heterocycles. The lowest BCUT2D eigenvalue weighted by Gasteiger charge is -2.28. The number of piperidine rings is 1. The molecule has 2 aromatic rings. The molecule has 0 atom stereocenters. The highest BCUT2D eigenvalue weighted by molar-refractivity contribution is 6.30. The summed E-state index contributed by atoms with van der Waals surface area (Å²) in [5.41, 5.74) is 2.42. The summed E-state index contributed by atoms with van der Waals surface area (Å²) in [6.45, 7) is 2.16. The molecule has 136 valence electrons. The molecule has 0 bridgehead atoms. The third kappa shape index (κ3) is 5.23. The van der Waals surface area contributed by atoms with Crippen LogP contribution in [0.5, 0.6) is 0 Å². The number of nitrogens with one attached hydrogen (secondary N) is 2. The Balaban J connectivity index is 1.50. The monoisotopic (exact) mass is 371 g/mol. The maximum absolute atomic E-state index is 12.1. The first-order chi connectivity index (χ1) is 12.6. The summed E-state index contributed by atoms with van der Waals surface area (Å²) in [6, 6.07) is 14.6. The number of hydrogen-bond acceptors (Lipinski definition) is 3. The fraction of sp³-hybridized carbons (Fsp3) is 0.300. The number of benzene rings is 2. The summed E-state index contributed by atoms with van der Waals surface area (Å²) in [4.78, 5) is 26.4. The van der Waals surface area contributed by atoms with E-state index in [1.54, 1.807) is 24.3 Å². The summed E-state index contributed by atoms with van der Waals surface area (Å²) in [6.07, 6.45) is 3.49. The molecular formula is C20H22ClN3O2. The van der Waals surface area contributed by atoms with Crippen molar-refractivity contribution in [2.24, 2.45) is 0 Å². The highest BCUT2D eigenvalue weighted by Gasteiger charge is 2.12. The topological polar surface area (TPSA) is 61.4 Å². The minimum Gasteiger partial charge on any atom is -0.372 e. The van der Waals surface area contributed by atoms with Gasteiger partial charge in [-0.1, -0.05) is 17.7 Å². The zero-order chi connectivity index (χ0) is 18.4. The molecule has 2 N–H and O–H groups in total. The van der Waals surface area contributed by atoms with E-state index in [0.717, 1.165) is 13.1 Å². The lowest BCUT2D eigenvalue weighted by molar-refractivity contribution is -0.123. The van der Waals surface area contributed by atoms with Crippen molar-refractivity contribution in [3.8, 4) is 0 Å². The van der Waals surface area contributed by atoms with E-state index in [0.29, 0.717) is 16.4 Å². The molecule has 5 nitrogen and oxygen atoms in total. The molecule has 0 saturated carbocycles. The van der Waals surface area contributed by atoms with Crippen LogP contribution in [0.15, 0.2) is 48.5 Å². The van der Waals surface area contributed by atoms with Gasteiger partial charge in [0.2, 0.25) is 11.8 Å². The van der Waals surface area contributed by atoms with Crippen molar-refractivity contribution in [2.75, 3.05) is 28.6 Å². The number of rotatable bonds is 5. The summed E-state index contributed by atoms with van der Waals surface area (Å²) in [5, 5.41) is 5.95. The quantitative estimate of drug-likeness (QED) is 0.770. The van der Waals surface area contributed by atoms with E-state index in [1.165, 1.54) is 24.9 Å². The van der Waals surface area contributed by atoms with Crippen molar-refractivity contribution in [2.45, 2.75) is 25.7 Å². The molecule has 1 aliphatic rings. The van der Waals surface area contributed by atoms with Crippen LogP contribution in [0.25, 0.3) is 0 Å². The summed E-state index contributed by atoms with van der Waals surface area (Å²) < 4.78 is 0. The molecule has 0 unspecified atom stereocenters. The molecule has 1 saturated heterocycles. The van der Waals surface area contributed by atoms with E-state index in [9.17, 15) is 9.59 Å². The maximum atomic E-state index is 12.1. The Labute approximate surface area is 158 Å². The van der Waals surface area contributed by atoms with Crippen molar-refractivity contribution in [1.29, 1.82) is 0 Å². The molecule has 0 radical (unpaired) electrons. The predicted octanol–water partition coefficient (Wildman–Crippen LogP) is 4.30. The number of carbonyl (C=O) groups excluding carboxylic acids is 2. The van der Waals surface area contributed by atoms with Crippen LogP contribution >= 0.6 is 11.6 Å². The van der Waals surface area contributed by atoms with Gasteiger partial charge in [0.25, 0.3) is 0 Å². The van der Waals surface area contributed by atoms with Crippen LogP contribution in [-0.2, 0) is 9.59 Å². The van der Waals surface area contributed by atoms with E-state index in [-0.39, 0.29) is 18.2 Å². The molecule has 1 heterocycles. The van der Waals surface area contributed by atoms with Crippen LogP contribution < -0.4 is 15.5 Å². The Hall–Kier alpha value is -2.53. The Morgan fingerprint density at radius 1 is 0.885 bits per heavy atom. The third-order valence-corrected chi connectivity index (χ3v) is 4.54. The van der Waals surface area contributed by atoms with Gasteiger partial charge in [-0.05, 0) is 61.7 Å². The molecule has 0 aromatic heterocycles. The van der Waals surface area contributed by atoms with Crippen molar-refractivity contribution in [3.05, 3.63) is 53.6 Å². The van der Waals surface area contributed by atoms with Crippen molar-refractivity contribution < 1.29 is 9.59 Å². The molecule has 2 amide bonds. The number of halogens is 1. The molecule has 1 fully saturated rings. The van der Waals surface area contributed by atoms with Gasteiger partial charge in [-0.3, -0.25) is 9.59 Å². The summed E-state index contributed by atoms with van der Waals surface area (Å²) in [7, 11) is 0. The van der Waals surface area contributed by atoms with E-state index in [2.05, 4.69) is 15.5 Å². The summed E-state index contributed by atoms with van der Waals surface area (Å²) >= 11 is 5.88. The number of amides is 2. The minimum atomic E-state index is -0.380. The normalized spacial score (nSPS) is 14.0. The van der Waals surface area contributed by atoms with Gasteiger partial charge in [0, 0.05) is 35.2 Å². The standard InChI is InChI=1S/C20H22ClN3O2/c21-15-5-4-6-17(13-15)23-20(26)14-19(25)22-16-7-9-18(10-8-16)24-11-2-1-3-12-24/h4-10,13H,1-3,11-12,14H2,(H,22,25)(H,23,26). The second-order valence-electron chi connectivity index (χ2n) is 6.38. The predicted molar refractivity (Wildman–Crippen MR) is 106 cm³/mol. The van der Waals surface area contributed by atoms with Crippen LogP contribution in [0.4, 0.5) is 17.1 Å². The second-order valence-corrected chi connectivity index (χ2v) is 6.81. The van der Waals surface area contributed by atoms with E-state index in [4.69, 9.17) is 11.6 Å². The highest BCUT2D eigenvalue weighted by Crippen LogP contribution is 2.22. The molecule has 0 aliphatic carbocycles. The fourth-order valence-corrected chi connectivity index (χ4v) is 3.22. The average molecular weight is 372 g/mol. The Morgan fingerprint density at radius 3 is 2.19 bits per heavy atom. The van der Waals surface area contributed by atoms with Crippen LogP contribution in [0, 0.1) is 0 Å². The van der Waals surface area contributed by atoms with Gasteiger partial charge in [-0.15, -0.1) is 0 Å². The SMILES string of the molecule is O=C(CC(=O)Nc1cccc(Cl)c1)Nc1ccc(N2CCCCC2)cc1. The van der Waals surface area contributed by atoms with Gasteiger partial charge in [0.05, 0.1) is 0 Å². The largest absolute Gasteiger partial charge is 0.372 e. The van der Waals surface area contributed by atoms with Gasteiger partial charge in [-0.2, -0.15) is 0 Å². The van der Waals surface area contributed by atoms with E-state index >= 15 is 0 Å². The Bertz CT molecular complexity index is 771. The van der Waals surface area contributed by atoms with Gasteiger partial charge in [0.1, 0.15) is 6.42 Å². The first-order valence-electron chi connectivity index (χ1n) is 8.80. The first-order valence-corrected chi connectivity index (χ1v) is 9.18. The Kier molecular flexibility index (Phi) is 6.12. The third-order valence-electron chi connectivity index (χ3n) is 4.30. The number of carbonyl (C=O) groups is 2. The number of hydrogen-bond donors (Lipinski definition) is 2. The molecule has 0 spiro atoms. The lowest BCUT2D eigenvalue weighted by atomic mass is 10.1. The average Bonchev–Trinajstić information content (AvgIpc) is 2.63. The van der Waals surface area contributed by atoms with Crippen molar-refractivity contribution in [1.82, 2.24) is 0 Å². The minimum absolute atomic E-state index is 0.250. The molecule has 3 rings (SSSR count). The second kappa shape index (κ2) is 8.72. The van der Waals surface area contributed by atoms with Gasteiger partial charge >= 0.3 is 0 Å². The van der Waals surface area contributed by atoms with E-state index in [1.807, 2.05) is 24.3 Å². The van der Waals surface area contributed by atoms with Gasteiger partial charge < -0.3 is 15.5 Å². The fourth-order valence-electron chi connectivity index (χ4n) is 3.03. The lowest BCUT2D eigenvalue weighted by Crippen LogP contribution is -2.29. The summed E-state index contributed by atoms with van der Waals surface area (Å²) in [5.74, 6) is -0.732. The van der Waals surface area contributed by atoms with E-state index < -0.39 is 0 Å². The van der Waals surface area contributed by atoms with Gasteiger partial charge in [-0.25, -0.2) is 0 Å². The zero-order valence-corrected chi connectivity index (χ0v) is 15.3. The Morgan fingerprint density at radius 2 is 1.54 bits per heavy atom. The highest BCUT2D eigenvalue weighted by atomic mass is 35.5. The van der Waals surface area contributed by atoms with Crippen LogP contribution in [0.1, 0.15) is 25.7 Å². The molecule has 6 heteroatoms. The van der Waals surface area contributed by atoms with Crippen molar-refractivity contribution in [3.63, 3.8) is 0 Å². The van der Waals surface area contributed by atoms with Crippen LogP contribution in [0.3, 0.4) is 0 Å². The van der Waals surface area contributed by atoms with Crippen LogP contribution in [-0.4, -0.2) is 24.9 Å². The maximum Gasteiger partial charge on any atom is 0.233 e.